The number of hydrogen-bond acceptors (Lipinski definition) is 3. The van der Waals surface area contributed by atoms with Crippen LogP contribution < -0.4 is 0 Å². The first-order valence-corrected chi connectivity index (χ1v) is 6.35. The zero-order valence-corrected chi connectivity index (χ0v) is 10.3. The molecule has 1 aliphatic heterocycles. The molecule has 0 bridgehead atoms. The average molecular weight is 252 g/mol. The minimum Gasteiger partial charge on any atom is -0.284 e. The number of aromatic nitrogens is 3. The van der Waals surface area contributed by atoms with Crippen molar-refractivity contribution in [3.05, 3.63) is 35.4 Å². The van der Waals surface area contributed by atoms with E-state index in [0.29, 0.717) is 5.25 Å². The molecule has 5 heteroatoms. The van der Waals surface area contributed by atoms with Crippen molar-refractivity contribution in [2.24, 2.45) is 0 Å². The third kappa shape index (κ3) is 1.62. The van der Waals surface area contributed by atoms with Crippen LogP contribution in [0.5, 0.6) is 0 Å². The molecule has 1 aliphatic rings. The molecule has 3 rings (SSSR count). The maximum Gasteiger partial charge on any atom is 0.138 e. The van der Waals surface area contributed by atoms with E-state index in [4.69, 9.17) is 11.6 Å². The van der Waals surface area contributed by atoms with Crippen molar-refractivity contribution >= 4 is 23.4 Å². The van der Waals surface area contributed by atoms with E-state index < -0.39 is 0 Å². The molecule has 1 aromatic heterocycles. The Morgan fingerprint density at radius 1 is 1.50 bits per heavy atom. The lowest BCUT2D eigenvalue weighted by Crippen LogP contribution is -2.03. The van der Waals surface area contributed by atoms with Gasteiger partial charge in [0.15, 0.2) is 0 Å². The molecular weight excluding hydrogens is 242 g/mol. The Balaban J connectivity index is 2.25. The Labute approximate surface area is 103 Å². The summed E-state index contributed by atoms with van der Waals surface area (Å²) in [4.78, 5) is 1.23. The lowest BCUT2D eigenvalue weighted by molar-refractivity contribution is 0.823. The molecule has 0 aliphatic carbocycles. The molecule has 0 saturated carbocycles. The van der Waals surface area contributed by atoms with Crippen molar-refractivity contribution in [3.63, 3.8) is 0 Å². The smallest absolute Gasteiger partial charge is 0.138 e. The van der Waals surface area contributed by atoms with Crippen LogP contribution in [0.25, 0.3) is 5.69 Å². The molecule has 3 nitrogen and oxygen atoms in total. The normalized spacial score (nSPS) is 18.8. The molecule has 2 aromatic rings. The maximum atomic E-state index is 6.04. The van der Waals surface area contributed by atoms with E-state index in [0.717, 1.165) is 23.0 Å². The number of halogens is 1. The topological polar surface area (TPSA) is 30.7 Å². The van der Waals surface area contributed by atoms with E-state index in [1.165, 1.54) is 4.90 Å². The van der Waals surface area contributed by atoms with Crippen molar-refractivity contribution in [2.75, 3.05) is 0 Å². The number of rotatable bonds is 0. The summed E-state index contributed by atoms with van der Waals surface area (Å²) in [7, 11) is 0. The summed E-state index contributed by atoms with van der Waals surface area (Å²) in [6.45, 7) is 2.20. The van der Waals surface area contributed by atoms with E-state index in [2.05, 4.69) is 23.2 Å². The van der Waals surface area contributed by atoms with Crippen LogP contribution in [0, 0.1) is 0 Å². The highest BCUT2D eigenvalue weighted by Gasteiger charge is 2.20. The van der Waals surface area contributed by atoms with Crippen molar-refractivity contribution in [1.29, 1.82) is 0 Å². The molecule has 0 saturated heterocycles. The fraction of sp³-hybridized carbons (Fsp3) is 0.273. The molecule has 82 valence electrons. The van der Waals surface area contributed by atoms with E-state index in [-0.39, 0.29) is 0 Å². The molecule has 16 heavy (non-hydrogen) atoms. The molecule has 0 fully saturated rings. The summed E-state index contributed by atoms with van der Waals surface area (Å²) in [5.74, 6) is 1.00. The monoisotopic (exact) mass is 251 g/mol. The SMILES string of the molecule is CC1Cc2nncn2-c2cc(Cl)ccc2S1. The first-order valence-electron chi connectivity index (χ1n) is 5.09. The summed E-state index contributed by atoms with van der Waals surface area (Å²) in [5.41, 5.74) is 1.09. The van der Waals surface area contributed by atoms with E-state index >= 15 is 0 Å². The van der Waals surface area contributed by atoms with Gasteiger partial charge >= 0.3 is 0 Å². The predicted molar refractivity (Wildman–Crippen MR) is 65.4 cm³/mol. The first kappa shape index (κ1) is 10.2. The summed E-state index contributed by atoms with van der Waals surface area (Å²) < 4.78 is 2.03. The van der Waals surface area contributed by atoms with Gasteiger partial charge in [-0.2, -0.15) is 0 Å². The van der Waals surface area contributed by atoms with E-state index in [1.807, 2.05) is 28.5 Å². The number of hydrogen-bond donors (Lipinski definition) is 0. The standard InChI is InChI=1S/C11H10ClN3S/c1-7-4-11-14-13-6-15(11)9-5-8(12)2-3-10(9)16-7/h2-3,5-7H,4H2,1H3. The van der Waals surface area contributed by atoms with Gasteiger partial charge in [0.25, 0.3) is 0 Å². The highest BCUT2D eigenvalue weighted by molar-refractivity contribution is 8.00. The molecule has 0 spiro atoms. The summed E-state index contributed by atoms with van der Waals surface area (Å²) in [6, 6.07) is 5.96. The zero-order chi connectivity index (χ0) is 11.1. The van der Waals surface area contributed by atoms with Gasteiger partial charge in [-0.15, -0.1) is 22.0 Å². The summed E-state index contributed by atoms with van der Waals surface area (Å²) in [6.07, 6.45) is 2.68. The second kappa shape index (κ2) is 3.79. The Morgan fingerprint density at radius 2 is 2.38 bits per heavy atom. The molecule has 1 atom stereocenters. The van der Waals surface area contributed by atoms with Gasteiger partial charge in [0.1, 0.15) is 12.2 Å². The molecule has 1 unspecified atom stereocenters. The lowest BCUT2D eigenvalue weighted by atomic mass is 10.3. The first-order chi connectivity index (χ1) is 7.74. The van der Waals surface area contributed by atoms with Crippen LogP contribution in [-0.4, -0.2) is 20.0 Å². The fourth-order valence-corrected chi connectivity index (χ4v) is 3.15. The van der Waals surface area contributed by atoms with Crippen LogP contribution in [0.1, 0.15) is 12.7 Å². The van der Waals surface area contributed by atoms with Crippen LogP contribution >= 0.6 is 23.4 Å². The third-order valence-electron chi connectivity index (χ3n) is 2.60. The molecule has 1 aromatic carbocycles. The minimum atomic E-state index is 0.505. The summed E-state index contributed by atoms with van der Waals surface area (Å²) in [5, 5.41) is 9.37. The Hall–Kier alpha value is -1.000. The van der Waals surface area contributed by atoms with Gasteiger partial charge in [0, 0.05) is 21.6 Å². The average Bonchev–Trinajstić information content (AvgIpc) is 2.64. The van der Waals surface area contributed by atoms with E-state index in [9.17, 15) is 0 Å². The molecule has 0 amide bonds. The van der Waals surface area contributed by atoms with Crippen LogP contribution in [0.4, 0.5) is 0 Å². The van der Waals surface area contributed by atoms with Crippen molar-refractivity contribution < 1.29 is 0 Å². The zero-order valence-electron chi connectivity index (χ0n) is 8.72. The number of fused-ring (bicyclic) bond motifs is 3. The molecule has 2 heterocycles. The van der Waals surface area contributed by atoms with Crippen LogP contribution in [0.2, 0.25) is 5.02 Å². The molecule has 0 N–H and O–H groups in total. The summed E-state index contributed by atoms with van der Waals surface area (Å²) >= 11 is 7.89. The van der Waals surface area contributed by atoms with Crippen molar-refractivity contribution in [3.8, 4) is 5.69 Å². The fourth-order valence-electron chi connectivity index (χ4n) is 1.89. The number of benzene rings is 1. The van der Waals surface area contributed by atoms with Gasteiger partial charge in [0.2, 0.25) is 0 Å². The predicted octanol–water partition coefficient (Wildman–Crippen LogP) is 2.96. The van der Waals surface area contributed by atoms with Gasteiger partial charge in [0.05, 0.1) is 5.69 Å². The van der Waals surface area contributed by atoms with Gasteiger partial charge in [-0.25, -0.2) is 0 Å². The second-order valence-electron chi connectivity index (χ2n) is 3.86. The van der Waals surface area contributed by atoms with Gasteiger partial charge < -0.3 is 0 Å². The number of nitrogens with zero attached hydrogens (tertiary/aromatic N) is 3. The Bertz CT molecular complexity index is 538. The van der Waals surface area contributed by atoms with Crippen LogP contribution in [0.15, 0.2) is 29.4 Å². The number of thioether (sulfide) groups is 1. The highest BCUT2D eigenvalue weighted by atomic mass is 35.5. The van der Waals surface area contributed by atoms with Crippen LogP contribution in [0.3, 0.4) is 0 Å². The van der Waals surface area contributed by atoms with Gasteiger partial charge in [-0.1, -0.05) is 18.5 Å². The lowest BCUT2D eigenvalue weighted by Gasteiger charge is -2.08. The Kier molecular flexibility index (Phi) is 2.41. The molecular formula is C11H10ClN3S. The van der Waals surface area contributed by atoms with Gasteiger partial charge in [-0.3, -0.25) is 4.57 Å². The van der Waals surface area contributed by atoms with Gasteiger partial charge in [-0.05, 0) is 18.2 Å². The molecule has 0 radical (unpaired) electrons. The highest BCUT2D eigenvalue weighted by Crippen LogP contribution is 2.35. The van der Waals surface area contributed by atoms with Crippen LogP contribution in [-0.2, 0) is 6.42 Å². The maximum absolute atomic E-state index is 6.04. The van der Waals surface area contributed by atoms with Crippen molar-refractivity contribution in [1.82, 2.24) is 14.8 Å². The van der Waals surface area contributed by atoms with E-state index in [1.54, 1.807) is 6.33 Å². The quantitative estimate of drug-likeness (QED) is 0.721. The largest absolute Gasteiger partial charge is 0.284 e. The Morgan fingerprint density at radius 3 is 3.25 bits per heavy atom. The minimum absolute atomic E-state index is 0.505. The second-order valence-corrected chi connectivity index (χ2v) is 5.78. The third-order valence-corrected chi connectivity index (χ3v) is 4.00. The van der Waals surface area contributed by atoms with Crippen molar-refractivity contribution in [2.45, 2.75) is 23.5 Å².